The lowest BCUT2D eigenvalue weighted by molar-refractivity contribution is -0.142. The van der Waals surface area contributed by atoms with E-state index < -0.39 is 45.8 Å². The lowest BCUT2D eigenvalue weighted by Crippen LogP contribution is -2.13. The van der Waals surface area contributed by atoms with Gasteiger partial charge in [-0.2, -0.15) is 26.3 Å². The molecule has 0 spiro atoms. The molecular formula is C17H6Cl2F6O2. The molecule has 142 valence electrons. The maximum absolute atomic E-state index is 13.6. The highest BCUT2D eigenvalue weighted by atomic mass is 35.5. The first kappa shape index (κ1) is 19.6. The second kappa shape index (κ2) is 6.17. The summed E-state index contributed by atoms with van der Waals surface area (Å²) in [4.78, 5) is 11.5. The van der Waals surface area contributed by atoms with Crippen molar-refractivity contribution in [3.05, 3.63) is 57.1 Å². The van der Waals surface area contributed by atoms with Crippen molar-refractivity contribution in [2.45, 2.75) is 12.4 Å². The monoisotopic (exact) mass is 426 g/mol. The van der Waals surface area contributed by atoms with E-state index in [2.05, 4.69) is 0 Å². The second-order valence-electron chi connectivity index (χ2n) is 5.66. The molecule has 0 amide bonds. The SMILES string of the molecule is O=C(O)c1cc2cc(Cl)cc(Cl)c2c2c(C(F)(F)F)cc(C(F)(F)F)cc12. The van der Waals surface area contributed by atoms with Gasteiger partial charge in [-0.15, -0.1) is 0 Å². The van der Waals surface area contributed by atoms with Gasteiger partial charge in [0.05, 0.1) is 21.7 Å². The highest BCUT2D eigenvalue weighted by Crippen LogP contribution is 2.45. The molecule has 3 rings (SSSR count). The standard InChI is InChI=1S/C17H6Cl2F6O2/c18-8-1-6-2-10(15(26)27)9-3-7(16(20,21)22)4-11(17(23,24)25)14(9)13(6)12(19)5-8/h1-5H,(H,26,27). The van der Waals surface area contributed by atoms with E-state index >= 15 is 0 Å². The summed E-state index contributed by atoms with van der Waals surface area (Å²) in [7, 11) is 0. The van der Waals surface area contributed by atoms with Gasteiger partial charge >= 0.3 is 18.3 Å². The third-order valence-corrected chi connectivity index (χ3v) is 4.44. The van der Waals surface area contributed by atoms with Crippen LogP contribution in [0.4, 0.5) is 26.3 Å². The van der Waals surface area contributed by atoms with Crippen molar-refractivity contribution < 1.29 is 36.2 Å². The van der Waals surface area contributed by atoms with Gasteiger partial charge in [-0.1, -0.05) is 23.2 Å². The van der Waals surface area contributed by atoms with Crippen LogP contribution in [0, 0.1) is 0 Å². The number of alkyl halides is 6. The van der Waals surface area contributed by atoms with Gasteiger partial charge in [-0.25, -0.2) is 4.79 Å². The minimum Gasteiger partial charge on any atom is -0.478 e. The summed E-state index contributed by atoms with van der Waals surface area (Å²) in [6, 6.07) is 3.57. The molecule has 0 fully saturated rings. The smallest absolute Gasteiger partial charge is 0.417 e. The highest BCUT2D eigenvalue weighted by molar-refractivity contribution is 6.41. The molecule has 0 aliphatic rings. The molecule has 0 unspecified atom stereocenters. The maximum Gasteiger partial charge on any atom is 0.417 e. The Hall–Kier alpha value is -2.19. The van der Waals surface area contributed by atoms with Crippen LogP contribution in [0.2, 0.25) is 10.0 Å². The normalized spacial score (nSPS) is 12.7. The highest BCUT2D eigenvalue weighted by Gasteiger charge is 2.39. The number of hydrogen-bond donors (Lipinski definition) is 1. The number of benzene rings is 3. The molecule has 1 N–H and O–H groups in total. The van der Waals surface area contributed by atoms with Gasteiger partial charge in [0.15, 0.2) is 0 Å². The predicted octanol–water partition coefficient (Wildman–Crippen LogP) is 7.04. The van der Waals surface area contributed by atoms with Gasteiger partial charge in [0.2, 0.25) is 0 Å². The molecule has 0 bridgehead atoms. The van der Waals surface area contributed by atoms with Gasteiger partial charge in [-0.05, 0) is 41.1 Å². The number of fused-ring (bicyclic) bond motifs is 3. The van der Waals surface area contributed by atoms with E-state index in [-0.39, 0.29) is 26.9 Å². The number of carboxylic acids is 1. The molecule has 0 saturated heterocycles. The van der Waals surface area contributed by atoms with E-state index in [9.17, 15) is 36.2 Å². The average Bonchev–Trinajstić information content (AvgIpc) is 2.50. The third kappa shape index (κ3) is 3.39. The number of carboxylic acid groups (broad SMARTS) is 1. The molecule has 0 aromatic heterocycles. The first-order valence-electron chi connectivity index (χ1n) is 7.08. The van der Waals surface area contributed by atoms with E-state index in [0.717, 1.165) is 12.1 Å². The van der Waals surface area contributed by atoms with Crippen LogP contribution in [0.25, 0.3) is 21.5 Å². The number of hydrogen-bond acceptors (Lipinski definition) is 1. The molecule has 0 radical (unpaired) electrons. The molecular weight excluding hydrogens is 421 g/mol. The van der Waals surface area contributed by atoms with Crippen LogP contribution in [-0.2, 0) is 12.4 Å². The van der Waals surface area contributed by atoms with Crippen molar-refractivity contribution in [2.75, 3.05) is 0 Å². The molecule has 10 heteroatoms. The number of halogens is 8. The Balaban J connectivity index is 2.70. The third-order valence-electron chi connectivity index (χ3n) is 3.93. The zero-order valence-electron chi connectivity index (χ0n) is 12.8. The molecule has 0 aliphatic carbocycles. The number of aromatic carboxylic acids is 1. The van der Waals surface area contributed by atoms with Crippen molar-refractivity contribution >= 4 is 50.7 Å². The van der Waals surface area contributed by atoms with Gasteiger partial charge in [-0.3, -0.25) is 0 Å². The number of carbonyl (C=O) groups is 1. The quantitative estimate of drug-likeness (QED) is 0.334. The predicted molar refractivity (Wildman–Crippen MR) is 88.4 cm³/mol. The second-order valence-corrected chi connectivity index (χ2v) is 6.50. The van der Waals surface area contributed by atoms with Crippen LogP contribution >= 0.6 is 23.2 Å². The first-order valence-corrected chi connectivity index (χ1v) is 7.83. The lowest BCUT2D eigenvalue weighted by atomic mass is 9.91. The topological polar surface area (TPSA) is 37.3 Å². The summed E-state index contributed by atoms with van der Waals surface area (Å²) in [6.07, 6.45) is -10.3. The van der Waals surface area contributed by atoms with Crippen LogP contribution < -0.4 is 0 Å². The van der Waals surface area contributed by atoms with Crippen molar-refractivity contribution in [2.24, 2.45) is 0 Å². The summed E-state index contributed by atoms with van der Waals surface area (Å²) in [6.45, 7) is 0. The number of rotatable bonds is 1. The molecule has 3 aromatic carbocycles. The summed E-state index contributed by atoms with van der Waals surface area (Å²) in [5.41, 5.74) is -3.98. The van der Waals surface area contributed by atoms with E-state index in [1.54, 1.807) is 0 Å². The molecule has 3 aromatic rings. The zero-order valence-corrected chi connectivity index (χ0v) is 14.3. The minimum atomic E-state index is -5.19. The zero-order chi connectivity index (χ0) is 20.3. The van der Waals surface area contributed by atoms with Crippen LogP contribution in [-0.4, -0.2) is 11.1 Å². The van der Waals surface area contributed by atoms with Crippen molar-refractivity contribution in [1.29, 1.82) is 0 Å². The lowest BCUT2D eigenvalue weighted by Gasteiger charge is -2.18. The van der Waals surface area contributed by atoms with Crippen LogP contribution in [0.3, 0.4) is 0 Å². The summed E-state index contributed by atoms with van der Waals surface area (Å²) >= 11 is 11.8. The Morgan fingerprint density at radius 1 is 0.852 bits per heavy atom. The van der Waals surface area contributed by atoms with Gasteiger partial charge in [0.25, 0.3) is 0 Å². The van der Waals surface area contributed by atoms with Crippen LogP contribution in [0.15, 0.2) is 30.3 Å². The molecule has 27 heavy (non-hydrogen) atoms. The minimum absolute atomic E-state index is 0.0312. The Kier molecular flexibility index (Phi) is 4.47. The fraction of sp³-hybridized carbons (Fsp3) is 0.118. The van der Waals surface area contributed by atoms with E-state index in [4.69, 9.17) is 23.2 Å². The van der Waals surface area contributed by atoms with Crippen LogP contribution in [0.5, 0.6) is 0 Å². The van der Waals surface area contributed by atoms with Gasteiger partial charge < -0.3 is 5.11 Å². The van der Waals surface area contributed by atoms with Crippen molar-refractivity contribution in [3.8, 4) is 0 Å². The maximum atomic E-state index is 13.6. The molecule has 2 nitrogen and oxygen atoms in total. The van der Waals surface area contributed by atoms with Gasteiger partial charge in [0, 0.05) is 15.8 Å². The first-order chi connectivity index (χ1) is 12.3. The molecule has 0 heterocycles. The van der Waals surface area contributed by atoms with E-state index in [1.165, 1.54) is 6.07 Å². The molecule has 0 aliphatic heterocycles. The Morgan fingerprint density at radius 2 is 1.48 bits per heavy atom. The van der Waals surface area contributed by atoms with E-state index in [0.29, 0.717) is 6.07 Å². The largest absolute Gasteiger partial charge is 0.478 e. The Bertz CT molecular complexity index is 1100. The Labute approximate surface area is 156 Å². The fourth-order valence-electron chi connectivity index (χ4n) is 2.89. The average molecular weight is 427 g/mol. The van der Waals surface area contributed by atoms with Gasteiger partial charge in [0.1, 0.15) is 0 Å². The van der Waals surface area contributed by atoms with E-state index in [1.807, 2.05) is 0 Å². The Morgan fingerprint density at radius 3 is 2.00 bits per heavy atom. The molecule has 0 saturated carbocycles. The van der Waals surface area contributed by atoms with Crippen molar-refractivity contribution in [3.63, 3.8) is 0 Å². The van der Waals surface area contributed by atoms with Crippen LogP contribution in [0.1, 0.15) is 21.5 Å². The van der Waals surface area contributed by atoms with Crippen molar-refractivity contribution in [1.82, 2.24) is 0 Å². The summed E-state index contributed by atoms with van der Waals surface area (Å²) in [5, 5.41) is 7.40. The fourth-order valence-corrected chi connectivity index (χ4v) is 3.50. The molecule has 0 atom stereocenters. The summed E-state index contributed by atoms with van der Waals surface area (Å²) < 4.78 is 80.0. The summed E-state index contributed by atoms with van der Waals surface area (Å²) in [5.74, 6) is -1.69.